The Morgan fingerprint density at radius 3 is 2.42 bits per heavy atom. The van der Waals surface area contributed by atoms with Crippen molar-refractivity contribution in [2.24, 2.45) is 0 Å². The number of carbonyl (C=O) groups is 1. The van der Waals surface area contributed by atoms with Gasteiger partial charge in [-0.2, -0.15) is 0 Å². The number of anilines is 1. The van der Waals surface area contributed by atoms with E-state index in [1.807, 2.05) is 0 Å². The average Bonchev–Trinajstić information content (AvgIpc) is 3.15. The Hall–Kier alpha value is -1.35. The van der Waals surface area contributed by atoms with Crippen molar-refractivity contribution < 1.29 is 13.9 Å². The maximum Gasteiger partial charge on any atom is 0.277 e. The van der Waals surface area contributed by atoms with Crippen LogP contribution in [0.3, 0.4) is 0 Å². The number of hydrogen-bond donors (Lipinski definition) is 1. The van der Waals surface area contributed by atoms with Crippen LogP contribution in [0.15, 0.2) is 40.0 Å². The van der Waals surface area contributed by atoms with E-state index in [-0.39, 0.29) is 26.9 Å². The molecule has 1 aromatic heterocycles. The van der Waals surface area contributed by atoms with Crippen molar-refractivity contribution in [2.45, 2.75) is 18.1 Å². The summed E-state index contributed by atoms with van der Waals surface area (Å²) >= 11 is 31.0. The van der Waals surface area contributed by atoms with Gasteiger partial charge in [-0.25, -0.2) is 0 Å². The number of halogens is 5. The lowest BCUT2D eigenvalue weighted by atomic mass is 10.3. The fourth-order valence-corrected chi connectivity index (χ4v) is 4.31. The van der Waals surface area contributed by atoms with Gasteiger partial charge in [0.1, 0.15) is 5.75 Å². The number of carbonyl (C=O) groups excluding carboxylic acids is 1. The molecule has 0 aliphatic heterocycles. The summed E-state index contributed by atoms with van der Waals surface area (Å²) in [6.07, 6.45) is 1.15. The molecule has 0 fully saturated rings. The summed E-state index contributed by atoms with van der Waals surface area (Å²) in [7, 11) is 0. The van der Waals surface area contributed by atoms with Crippen molar-refractivity contribution in [2.75, 3.05) is 17.7 Å². The van der Waals surface area contributed by atoms with Gasteiger partial charge in [0.15, 0.2) is 0 Å². The van der Waals surface area contributed by atoms with Gasteiger partial charge in [-0.3, -0.25) is 4.79 Å². The second-order valence-corrected chi connectivity index (χ2v) is 9.09. The van der Waals surface area contributed by atoms with Gasteiger partial charge in [-0.1, -0.05) is 69.8 Å². The summed E-state index contributed by atoms with van der Waals surface area (Å²) in [5.41, 5.74) is 0.297. The van der Waals surface area contributed by atoms with Gasteiger partial charge < -0.3 is 14.5 Å². The summed E-state index contributed by atoms with van der Waals surface area (Å²) in [6.45, 7) is 0.414. The Morgan fingerprint density at radius 2 is 1.71 bits per heavy atom. The van der Waals surface area contributed by atoms with E-state index in [2.05, 4.69) is 15.5 Å². The Kier molecular flexibility index (Phi) is 9.01. The first kappa shape index (κ1) is 24.3. The molecule has 3 aromatic rings. The number of aryl methyl sites for hydroxylation is 1. The highest BCUT2D eigenvalue weighted by Crippen LogP contribution is 2.34. The van der Waals surface area contributed by atoms with Crippen molar-refractivity contribution in [3.8, 4) is 5.75 Å². The van der Waals surface area contributed by atoms with Crippen LogP contribution in [0.4, 0.5) is 5.69 Å². The maximum atomic E-state index is 12.2. The Bertz CT molecular complexity index is 1060. The highest BCUT2D eigenvalue weighted by molar-refractivity contribution is 7.99. The fraction of sp³-hybridized carbons (Fsp3) is 0.211. The van der Waals surface area contributed by atoms with E-state index >= 15 is 0 Å². The standard InChI is InChI=1S/C19H14Cl5N3O3S/c20-10-3-4-15(12(22)6-10)29-5-1-2-17-26-27-19(30-17)31-9-16(28)25-18-13(23)7-11(21)8-14(18)24/h3-4,6-8H,1-2,5,9H2,(H,25,28). The van der Waals surface area contributed by atoms with Gasteiger partial charge in [-0.15, -0.1) is 10.2 Å². The molecule has 0 saturated carbocycles. The lowest BCUT2D eigenvalue weighted by Crippen LogP contribution is -2.14. The third-order valence-corrected chi connectivity index (χ3v) is 5.90. The quantitative estimate of drug-likeness (QED) is 0.230. The first-order chi connectivity index (χ1) is 14.8. The third-order valence-electron chi connectivity index (χ3n) is 3.73. The number of aromatic nitrogens is 2. The Morgan fingerprint density at radius 1 is 1.00 bits per heavy atom. The molecule has 3 rings (SSSR count). The fourth-order valence-electron chi connectivity index (χ4n) is 2.36. The summed E-state index contributed by atoms with van der Waals surface area (Å²) in [5, 5.41) is 12.7. The van der Waals surface area contributed by atoms with Crippen LogP contribution in [0.5, 0.6) is 5.75 Å². The second-order valence-electron chi connectivity index (χ2n) is 6.07. The lowest BCUT2D eigenvalue weighted by Gasteiger charge is -2.09. The van der Waals surface area contributed by atoms with E-state index < -0.39 is 0 Å². The molecule has 0 saturated heterocycles. The number of ether oxygens (including phenoxy) is 1. The van der Waals surface area contributed by atoms with Crippen LogP contribution < -0.4 is 10.1 Å². The molecule has 0 spiro atoms. The van der Waals surface area contributed by atoms with E-state index in [1.165, 1.54) is 12.1 Å². The molecule has 2 aromatic carbocycles. The van der Waals surface area contributed by atoms with E-state index in [9.17, 15) is 4.79 Å². The maximum absolute atomic E-state index is 12.2. The third kappa shape index (κ3) is 7.34. The predicted octanol–water partition coefficient (Wildman–Crippen LogP) is 7.08. The van der Waals surface area contributed by atoms with Crippen LogP contribution in [0.1, 0.15) is 12.3 Å². The van der Waals surface area contributed by atoms with Gasteiger partial charge in [0, 0.05) is 16.5 Å². The summed E-state index contributed by atoms with van der Waals surface area (Å²) in [5.74, 6) is 0.705. The molecule has 6 nitrogen and oxygen atoms in total. The highest BCUT2D eigenvalue weighted by atomic mass is 35.5. The molecular formula is C19H14Cl5N3O3S. The molecule has 0 aliphatic rings. The molecule has 0 atom stereocenters. The Labute approximate surface area is 207 Å². The zero-order valence-corrected chi connectivity index (χ0v) is 20.2. The molecular weight excluding hydrogens is 528 g/mol. The summed E-state index contributed by atoms with van der Waals surface area (Å²) < 4.78 is 11.1. The van der Waals surface area contributed by atoms with Crippen LogP contribution in [-0.4, -0.2) is 28.5 Å². The molecule has 0 aliphatic carbocycles. The SMILES string of the molecule is O=C(CSc1nnc(CCCOc2ccc(Cl)cc2Cl)o1)Nc1c(Cl)cc(Cl)cc1Cl. The van der Waals surface area contributed by atoms with Crippen molar-refractivity contribution >= 4 is 81.4 Å². The molecule has 0 bridgehead atoms. The average molecular weight is 542 g/mol. The van der Waals surface area contributed by atoms with Gasteiger partial charge >= 0.3 is 0 Å². The number of thioether (sulfide) groups is 1. The first-order valence-corrected chi connectivity index (χ1v) is 11.7. The van der Waals surface area contributed by atoms with Gasteiger partial charge in [0.2, 0.25) is 11.8 Å². The van der Waals surface area contributed by atoms with Crippen molar-refractivity contribution in [1.82, 2.24) is 10.2 Å². The first-order valence-electron chi connectivity index (χ1n) is 8.79. The number of hydrogen-bond acceptors (Lipinski definition) is 6. The smallest absolute Gasteiger partial charge is 0.277 e. The summed E-state index contributed by atoms with van der Waals surface area (Å²) in [6, 6.07) is 8.01. The summed E-state index contributed by atoms with van der Waals surface area (Å²) in [4.78, 5) is 12.2. The predicted molar refractivity (Wildman–Crippen MR) is 125 cm³/mol. The second kappa shape index (κ2) is 11.5. The van der Waals surface area contributed by atoms with Gasteiger partial charge in [0.25, 0.3) is 5.22 Å². The molecule has 0 radical (unpaired) electrons. The molecule has 1 heterocycles. The minimum atomic E-state index is -0.330. The molecule has 0 unspecified atom stereocenters. The minimum Gasteiger partial charge on any atom is -0.492 e. The Balaban J connectivity index is 1.42. The number of rotatable bonds is 9. The number of nitrogens with one attached hydrogen (secondary N) is 1. The largest absolute Gasteiger partial charge is 0.492 e. The van der Waals surface area contributed by atoms with E-state index in [0.717, 1.165) is 11.8 Å². The number of benzene rings is 2. The number of nitrogens with zero attached hydrogens (tertiary/aromatic N) is 2. The molecule has 31 heavy (non-hydrogen) atoms. The van der Waals surface area contributed by atoms with Gasteiger partial charge in [0.05, 0.1) is 33.1 Å². The van der Waals surface area contributed by atoms with Crippen LogP contribution in [0.2, 0.25) is 25.1 Å². The lowest BCUT2D eigenvalue weighted by molar-refractivity contribution is -0.113. The van der Waals surface area contributed by atoms with Gasteiger partial charge in [-0.05, 0) is 36.8 Å². The zero-order chi connectivity index (χ0) is 22.4. The molecule has 1 amide bonds. The minimum absolute atomic E-state index is 0.0368. The van der Waals surface area contributed by atoms with Crippen LogP contribution >= 0.6 is 69.8 Å². The normalized spacial score (nSPS) is 10.9. The van der Waals surface area contributed by atoms with E-state index in [0.29, 0.717) is 51.8 Å². The molecule has 164 valence electrons. The van der Waals surface area contributed by atoms with E-state index in [4.69, 9.17) is 67.2 Å². The molecule has 1 N–H and O–H groups in total. The van der Waals surface area contributed by atoms with Crippen LogP contribution in [-0.2, 0) is 11.2 Å². The number of amides is 1. The van der Waals surface area contributed by atoms with Crippen molar-refractivity contribution in [3.05, 3.63) is 61.3 Å². The monoisotopic (exact) mass is 539 g/mol. The van der Waals surface area contributed by atoms with Crippen LogP contribution in [0, 0.1) is 0 Å². The van der Waals surface area contributed by atoms with Crippen molar-refractivity contribution in [1.29, 1.82) is 0 Å². The van der Waals surface area contributed by atoms with Crippen molar-refractivity contribution in [3.63, 3.8) is 0 Å². The van der Waals surface area contributed by atoms with E-state index in [1.54, 1.807) is 18.2 Å². The molecule has 12 heteroatoms. The zero-order valence-electron chi connectivity index (χ0n) is 15.6. The highest BCUT2D eigenvalue weighted by Gasteiger charge is 2.14. The van der Waals surface area contributed by atoms with Crippen LogP contribution in [0.25, 0.3) is 0 Å². The topological polar surface area (TPSA) is 77.2 Å².